The predicted molar refractivity (Wildman–Crippen MR) is 83.7 cm³/mol. The number of hydrogen-bond acceptors (Lipinski definition) is 3. The molecule has 0 spiro atoms. The zero-order chi connectivity index (χ0) is 14.2. The number of piperidine rings is 1. The van der Waals surface area contributed by atoms with E-state index in [0.717, 1.165) is 26.2 Å². The van der Waals surface area contributed by atoms with Gasteiger partial charge in [0.05, 0.1) is 6.10 Å². The number of nitrogens with one attached hydrogen (secondary N) is 1. The van der Waals surface area contributed by atoms with Crippen molar-refractivity contribution in [2.24, 2.45) is 0 Å². The maximum Gasteiger partial charge on any atom is 0.0698 e. The van der Waals surface area contributed by atoms with Crippen LogP contribution in [0.5, 0.6) is 0 Å². The van der Waals surface area contributed by atoms with Crippen molar-refractivity contribution < 1.29 is 4.74 Å². The summed E-state index contributed by atoms with van der Waals surface area (Å²) >= 11 is 0. The SMILES string of the molecule is CCCNCc1ccc(CN2CCCC(OC)C2)cc1. The highest BCUT2D eigenvalue weighted by Crippen LogP contribution is 2.15. The summed E-state index contributed by atoms with van der Waals surface area (Å²) < 4.78 is 5.48. The molecule has 0 amide bonds. The molecule has 3 heteroatoms. The van der Waals surface area contributed by atoms with Gasteiger partial charge in [-0.3, -0.25) is 4.90 Å². The summed E-state index contributed by atoms with van der Waals surface area (Å²) in [4.78, 5) is 2.50. The lowest BCUT2D eigenvalue weighted by Gasteiger charge is -2.31. The van der Waals surface area contributed by atoms with Gasteiger partial charge in [0, 0.05) is 26.7 Å². The van der Waals surface area contributed by atoms with E-state index in [1.807, 2.05) is 7.11 Å². The molecule has 0 aliphatic carbocycles. The van der Waals surface area contributed by atoms with Crippen LogP contribution < -0.4 is 5.32 Å². The molecule has 1 N–H and O–H groups in total. The van der Waals surface area contributed by atoms with Crippen molar-refractivity contribution in [3.8, 4) is 0 Å². The van der Waals surface area contributed by atoms with E-state index in [1.165, 1.54) is 36.9 Å². The normalized spacial score (nSPS) is 20.2. The summed E-state index contributed by atoms with van der Waals surface area (Å²) in [7, 11) is 1.83. The van der Waals surface area contributed by atoms with Gasteiger partial charge in [-0.25, -0.2) is 0 Å². The fourth-order valence-corrected chi connectivity index (χ4v) is 2.78. The zero-order valence-corrected chi connectivity index (χ0v) is 12.9. The van der Waals surface area contributed by atoms with E-state index in [4.69, 9.17) is 4.74 Å². The van der Waals surface area contributed by atoms with Crippen molar-refractivity contribution in [2.75, 3.05) is 26.7 Å². The Kier molecular flexibility index (Phi) is 6.51. The van der Waals surface area contributed by atoms with Crippen LogP contribution in [-0.4, -0.2) is 37.7 Å². The number of rotatable bonds is 7. The molecule has 3 nitrogen and oxygen atoms in total. The molecule has 1 fully saturated rings. The second-order valence-electron chi connectivity index (χ2n) is 5.73. The minimum atomic E-state index is 0.418. The smallest absolute Gasteiger partial charge is 0.0698 e. The lowest BCUT2D eigenvalue weighted by atomic mass is 10.1. The number of benzene rings is 1. The van der Waals surface area contributed by atoms with Crippen LogP contribution in [0.15, 0.2) is 24.3 Å². The van der Waals surface area contributed by atoms with Crippen molar-refractivity contribution in [1.29, 1.82) is 0 Å². The van der Waals surface area contributed by atoms with E-state index >= 15 is 0 Å². The summed E-state index contributed by atoms with van der Waals surface area (Å²) in [5, 5.41) is 3.44. The number of methoxy groups -OCH3 is 1. The molecule has 1 aromatic rings. The van der Waals surface area contributed by atoms with Gasteiger partial charge < -0.3 is 10.1 Å². The Morgan fingerprint density at radius 2 is 2.00 bits per heavy atom. The van der Waals surface area contributed by atoms with Crippen LogP contribution in [-0.2, 0) is 17.8 Å². The maximum absolute atomic E-state index is 5.48. The van der Waals surface area contributed by atoms with Gasteiger partial charge in [-0.1, -0.05) is 31.2 Å². The first-order valence-electron chi connectivity index (χ1n) is 7.85. The molecular weight excluding hydrogens is 248 g/mol. The highest BCUT2D eigenvalue weighted by atomic mass is 16.5. The van der Waals surface area contributed by atoms with Gasteiger partial charge in [-0.05, 0) is 43.5 Å². The van der Waals surface area contributed by atoms with Crippen molar-refractivity contribution in [1.82, 2.24) is 10.2 Å². The van der Waals surface area contributed by atoms with Gasteiger partial charge in [-0.2, -0.15) is 0 Å². The van der Waals surface area contributed by atoms with Gasteiger partial charge in [0.15, 0.2) is 0 Å². The van der Waals surface area contributed by atoms with Gasteiger partial charge in [0.2, 0.25) is 0 Å². The first-order chi connectivity index (χ1) is 9.81. The molecule has 0 saturated carbocycles. The minimum absolute atomic E-state index is 0.418. The highest BCUT2D eigenvalue weighted by molar-refractivity contribution is 5.22. The molecule has 1 saturated heterocycles. The third-order valence-corrected chi connectivity index (χ3v) is 3.98. The van der Waals surface area contributed by atoms with Crippen LogP contribution in [0, 0.1) is 0 Å². The van der Waals surface area contributed by atoms with Crippen LogP contribution in [0.2, 0.25) is 0 Å². The molecule has 0 aromatic heterocycles. The minimum Gasteiger partial charge on any atom is -0.380 e. The van der Waals surface area contributed by atoms with Crippen LogP contribution in [0.3, 0.4) is 0 Å². The van der Waals surface area contributed by atoms with Crippen LogP contribution in [0.25, 0.3) is 0 Å². The lowest BCUT2D eigenvalue weighted by Crippen LogP contribution is -2.38. The highest BCUT2D eigenvalue weighted by Gasteiger charge is 2.19. The topological polar surface area (TPSA) is 24.5 Å². The zero-order valence-electron chi connectivity index (χ0n) is 12.9. The van der Waals surface area contributed by atoms with Crippen LogP contribution in [0.1, 0.15) is 37.3 Å². The molecule has 1 aliphatic heterocycles. The first kappa shape index (κ1) is 15.5. The maximum atomic E-state index is 5.48. The number of ether oxygens (including phenoxy) is 1. The Balaban J connectivity index is 1.80. The van der Waals surface area contributed by atoms with Crippen molar-refractivity contribution in [3.63, 3.8) is 0 Å². The van der Waals surface area contributed by atoms with E-state index in [-0.39, 0.29) is 0 Å². The Morgan fingerprint density at radius 1 is 1.25 bits per heavy atom. The van der Waals surface area contributed by atoms with Gasteiger partial charge in [-0.15, -0.1) is 0 Å². The lowest BCUT2D eigenvalue weighted by molar-refractivity contribution is 0.0285. The summed E-state index contributed by atoms with van der Waals surface area (Å²) in [6.45, 7) is 7.57. The third kappa shape index (κ3) is 4.89. The van der Waals surface area contributed by atoms with Crippen molar-refractivity contribution >= 4 is 0 Å². The molecular formula is C17H28N2O. The predicted octanol–water partition coefficient (Wildman–Crippen LogP) is 2.80. The van der Waals surface area contributed by atoms with Crippen LogP contribution >= 0.6 is 0 Å². The standard InChI is InChI=1S/C17H28N2O/c1-3-10-18-12-15-6-8-16(9-7-15)13-19-11-4-5-17(14-19)20-2/h6-9,17-18H,3-5,10-14H2,1-2H3. The van der Waals surface area contributed by atoms with E-state index in [0.29, 0.717) is 6.10 Å². The van der Waals surface area contributed by atoms with Crippen molar-refractivity contribution in [3.05, 3.63) is 35.4 Å². The molecule has 1 unspecified atom stereocenters. The third-order valence-electron chi connectivity index (χ3n) is 3.98. The van der Waals surface area contributed by atoms with Gasteiger partial charge in [0.1, 0.15) is 0 Å². The molecule has 2 rings (SSSR count). The molecule has 1 aromatic carbocycles. The Hall–Kier alpha value is -0.900. The molecule has 1 heterocycles. The molecule has 1 atom stereocenters. The van der Waals surface area contributed by atoms with E-state index in [9.17, 15) is 0 Å². The van der Waals surface area contributed by atoms with Gasteiger partial charge >= 0.3 is 0 Å². The van der Waals surface area contributed by atoms with E-state index in [1.54, 1.807) is 0 Å². The van der Waals surface area contributed by atoms with Gasteiger partial charge in [0.25, 0.3) is 0 Å². The Morgan fingerprint density at radius 3 is 2.70 bits per heavy atom. The Labute approximate surface area is 123 Å². The van der Waals surface area contributed by atoms with Crippen molar-refractivity contribution in [2.45, 2.75) is 45.4 Å². The van der Waals surface area contributed by atoms with E-state index in [2.05, 4.69) is 41.4 Å². The summed E-state index contributed by atoms with van der Waals surface area (Å²) in [5.41, 5.74) is 2.77. The monoisotopic (exact) mass is 276 g/mol. The molecule has 0 bridgehead atoms. The fourth-order valence-electron chi connectivity index (χ4n) is 2.78. The quantitative estimate of drug-likeness (QED) is 0.775. The van der Waals surface area contributed by atoms with Crippen LogP contribution in [0.4, 0.5) is 0 Å². The second-order valence-corrected chi connectivity index (χ2v) is 5.73. The first-order valence-corrected chi connectivity index (χ1v) is 7.85. The largest absolute Gasteiger partial charge is 0.380 e. The molecule has 0 radical (unpaired) electrons. The number of likely N-dealkylation sites (tertiary alicyclic amines) is 1. The Bertz CT molecular complexity index is 377. The fraction of sp³-hybridized carbons (Fsp3) is 0.647. The molecule has 20 heavy (non-hydrogen) atoms. The molecule has 112 valence electrons. The van der Waals surface area contributed by atoms with E-state index < -0.39 is 0 Å². The second kappa shape index (κ2) is 8.40. The number of nitrogens with zero attached hydrogens (tertiary/aromatic N) is 1. The average molecular weight is 276 g/mol. The molecule has 1 aliphatic rings. The average Bonchev–Trinajstić information content (AvgIpc) is 2.49. The summed E-state index contributed by atoms with van der Waals surface area (Å²) in [6, 6.07) is 9.02. The summed E-state index contributed by atoms with van der Waals surface area (Å²) in [5.74, 6) is 0. The number of hydrogen-bond donors (Lipinski definition) is 1. The summed E-state index contributed by atoms with van der Waals surface area (Å²) in [6.07, 6.45) is 4.06.